The van der Waals surface area contributed by atoms with Gasteiger partial charge in [-0.3, -0.25) is 4.79 Å². The minimum Gasteiger partial charge on any atom is -0.338 e. The Balaban J connectivity index is 2.13. The third kappa shape index (κ3) is 2.91. The quantitative estimate of drug-likeness (QED) is 0.764. The molecule has 0 bridgehead atoms. The van der Waals surface area contributed by atoms with E-state index in [1.807, 2.05) is 0 Å². The first-order valence-corrected chi connectivity index (χ1v) is 7.18. The molecule has 1 saturated carbocycles. The van der Waals surface area contributed by atoms with Crippen LogP contribution in [0.25, 0.3) is 0 Å². The molecule has 4 heteroatoms. The normalized spacial score (nSPS) is 23.7. The molecule has 0 aromatic heterocycles. The Labute approximate surface area is 115 Å². The average Bonchev–Trinajstić information content (AvgIpc) is 2.37. The van der Waals surface area contributed by atoms with Gasteiger partial charge in [0.1, 0.15) is 5.82 Å². The third-order valence-electron chi connectivity index (χ3n) is 3.54. The van der Waals surface area contributed by atoms with Gasteiger partial charge in [0.2, 0.25) is 0 Å². The van der Waals surface area contributed by atoms with Crippen LogP contribution in [0.2, 0.25) is 0 Å². The van der Waals surface area contributed by atoms with Crippen LogP contribution >= 0.6 is 15.9 Å². The molecule has 1 fully saturated rings. The topological polar surface area (TPSA) is 20.3 Å². The molecule has 2 nitrogen and oxygen atoms in total. The predicted octanol–water partition coefficient (Wildman–Crippen LogP) is 3.60. The second kappa shape index (κ2) is 5.83. The van der Waals surface area contributed by atoms with Crippen LogP contribution in [0.4, 0.5) is 4.39 Å². The molecule has 1 aliphatic carbocycles. The molecule has 0 radical (unpaired) electrons. The second-order valence-corrected chi connectivity index (χ2v) is 5.97. The number of hydrogen-bond acceptors (Lipinski definition) is 1. The van der Waals surface area contributed by atoms with Crippen LogP contribution in [-0.4, -0.2) is 28.7 Å². The maximum Gasteiger partial charge on any atom is 0.253 e. The molecule has 1 aromatic carbocycles. The molecule has 1 aromatic rings. The van der Waals surface area contributed by atoms with Crippen LogP contribution in [0.5, 0.6) is 0 Å². The molecule has 2 atom stereocenters. The summed E-state index contributed by atoms with van der Waals surface area (Å²) >= 11 is 3.64. The molecule has 98 valence electrons. The number of carbonyl (C=O) groups excluding carboxylic acids is 1. The highest BCUT2D eigenvalue weighted by Gasteiger charge is 2.29. The molecule has 2 rings (SSSR count). The molecule has 0 saturated heterocycles. The molecule has 0 heterocycles. The molecular weight excluding hydrogens is 297 g/mol. The molecule has 0 N–H and O–H groups in total. The van der Waals surface area contributed by atoms with E-state index in [-0.39, 0.29) is 17.8 Å². The maximum absolute atomic E-state index is 13.1. The highest BCUT2D eigenvalue weighted by molar-refractivity contribution is 9.09. The first kappa shape index (κ1) is 13.5. The molecule has 18 heavy (non-hydrogen) atoms. The van der Waals surface area contributed by atoms with Crippen molar-refractivity contribution in [3.05, 3.63) is 35.6 Å². The summed E-state index contributed by atoms with van der Waals surface area (Å²) < 4.78 is 13.1. The first-order valence-electron chi connectivity index (χ1n) is 6.26. The molecular formula is C14H17BrFNO. The minimum atomic E-state index is -0.367. The zero-order valence-corrected chi connectivity index (χ0v) is 12.0. The fourth-order valence-corrected chi connectivity index (χ4v) is 3.42. The van der Waals surface area contributed by atoms with Crippen LogP contribution in [-0.2, 0) is 0 Å². The Morgan fingerprint density at radius 3 is 2.78 bits per heavy atom. The van der Waals surface area contributed by atoms with Gasteiger partial charge in [-0.2, -0.15) is 0 Å². The van der Waals surface area contributed by atoms with E-state index in [1.165, 1.54) is 18.6 Å². The highest BCUT2D eigenvalue weighted by atomic mass is 79.9. The van der Waals surface area contributed by atoms with Crippen LogP contribution in [0, 0.1) is 5.82 Å². The lowest BCUT2D eigenvalue weighted by molar-refractivity contribution is 0.0704. The number of rotatable bonds is 2. The second-order valence-electron chi connectivity index (χ2n) is 4.79. The Kier molecular flexibility index (Phi) is 4.38. The smallest absolute Gasteiger partial charge is 0.253 e. The lowest BCUT2D eigenvalue weighted by atomic mass is 9.94. The highest BCUT2D eigenvalue weighted by Crippen LogP contribution is 2.28. The van der Waals surface area contributed by atoms with E-state index in [0.29, 0.717) is 10.4 Å². The van der Waals surface area contributed by atoms with Crippen LogP contribution in [0.1, 0.15) is 36.0 Å². The zero-order chi connectivity index (χ0) is 13.1. The summed E-state index contributed by atoms with van der Waals surface area (Å²) in [5.41, 5.74) is 0.419. The van der Waals surface area contributed by atoms with E-state index in [4.69, 9.17) is 0 Å². The Morgan fingerprint density at radius 2 is 2.11 bits per heavy atom. The van der Waals surface area contributed by atoms with Gasteiger partial charge >= 0.3 is 0 Å². The van der Waals surface area contributed by atoms with Gasteiger partial charge in [-0.05, 0) is 31.0 Å². The predicted molar refractivity (Wildman–Crippen MR) is 73.5 cm³/mol. The van der Waals surface area contributed by atoms with Gasteiger partial charge in [0.05, 0.1) is 0 Å². The Morgan fingerprint density at radius 1 is 1.39 bits per heavy atom. The summed E-state index contributed by atoms with van der Waals surface area (Å²) in [6.07, 6.45) is 4.45. The summed E-state index contributed by atoms with van der Waals surface area (Å²) in [5, 5.41) is 0. The fourth-order valence-electron chi connectivity index (χ4n) is 2.48. The summed E-state index contributed by atoms with van der Waals surface area (Å²) in [6, 6.07) is 6.08. The van der Waals surface area contributed by atoms with Crippen LogP contribution in [0.3, 0.4) is 0 Å². The largest absolute Gasteiger partial charge is 0.338 e. The summed E-state index contributed by atoms with van der Waals surface area (Å²) in [5.74, 6) is -0.473. The summed E-state index contributed by atoms with van der Waals surface area (Å²) in [4.78, 5) is 14.4. The van der Waals surface area contributed by atoms with Crippen molar-refractivity contribution >= 4 is 21.8 Å². The number of hydrogen-bond donors (Lipinski definition) is 0. The third-order valence-corrected chi connectivity index (χ3v) is 4.60. The number of carbonyl (C=O) groups is 1. The molecule has 0 aliphatic heterocycles. The van der Waals surface area contributed by atoms with Gasteiger partial charge in [-0.15, -0.1) is 0 Å². The van der Waals surface area contributed by atoms with Crippen molar-refractivity contribution in [2.75, 3.05) is 7.05 Å². The van der Waals surface area contributed by atoms with E-state index in [1.54, 1.807) is 24.1 Å². The minimum absolute atomic E-state index is 0.106. The van der Waals surface area contributed by atoms with Crippen molar-refractivity contribution in [1.29, 1.82) is 0 Å². The SMILES string of the molecule is CN(C(=O)c1cccc(F)c1)C1CCCCC1Br. The number of amides is 1. The fraction of sp³-hybridized carbons (Fsp3) is 0.500. The van der Waals surface area contributed by atoms with Crippen molar-refractivity contribution in [3.8, 4) is 0 Å². The maximum atomic E-state index is 13.1. The van der Waals surface area contributed by atoms with E-state index in [9.17, 15) is 9.18 Å². The van der Waals surface area contributed by atoms with E-state index >= 15 is 0 Å². The van der Waals surface area contributed by atoms with Gasteiger partial charge in [0, 0.05) is 23.5 Å². The van der Waals surface area contributed by atoms with Crippen LogP contribution in [0.15, 0.2) is 24.3 Å². The van der Waals surface area contributed by atoms with Gasteiger partial charge in [-0.1, -0.05) is 34.8 Å². The monoisotopic (exact) mass is 313 g/mol. The van der Waals surface area contributed by atoms with Crippen molar-refractivity contribution in [2.45, 2.75) is 36.6 Å². The van der Waals surface area contributed by atoms with E-state index in [0.717, 1.165) is 19.3 Å². The summed E-state index contributed by atoms with van der Waals surface area (Å²) in [7, 11) is 1.80. The van der Waals surface area contributed by atoms with Crippen molar-refractivity contribution in [1.82, 2.24) is 4.90 Å². The van der Waals surface area contributed by atoms with Gasteiger partial charge < -0.3 is 4.90 Å². The molecule has 1 aliphatic rings. The lowest BCUT2D eigenvalue weighted by Gasteiger charge is -2.35. The van der Waals surface area contributed by atoms with Crippen LogP contribution < -0.4 is 0 Å². The Hall–Kier alpha value is -0.900. The van der Waals surface area contributed by atoms with Gasteiger partial charge in [0.25, 0.3) is 5.91 Å². The summed E-state index contributed by atoms with van der Waals surface area (Å²) in [6.45, 7) is 0. The number of alkyl halides is 1. The molecule has 0 spiro atoms. The van der Waals surface area contributed by atoms with Crippen molar-refractivity contribution < 1.29 is 9.18 Å². The van der Waals surface area contributed by atoms with Gasteiger partial charge in [0.15, 0.2) is 0 Å². The molecule has 2 unspecified atom stereocenters. The number of halogens is 2. The lowest BCUT2D eigenvalue weighted by Crippen LogP contribution is -2.44. The number of benzene rings is 1. The zero-order valence-electron chi connectivity index (χ0n) is 10.4. The first-order chi connectivity index (χ1) is 8.59. The van der Waals surface area contributed by atoms with Gasteiger partial charge in [-0.25, -0.2) is 4.39 Å². The number of nitrogens with zero attached hydrogens (tertiary/aromatic N) is 1. The van der Waals surface area contributed by atoms with E-state index < -0.39 is 0 Å². The standard InChI is InChI=1S/C14H17BrFNO/c1-17(13-8-3-2-7-12(13)15)14(18)10-5-4-6-11(16)9-10/h4-6,9,12-13H,2-3,7-8H2,1H3. The molecule has 1 amide bonds. The van der Waals surface area contributed by atoms with Crippen molar-refractivity contribution in [2.24, 2.45) is 0 Å². The Bertz CT molecular complexity index is 438. The average molecular weight is 314 g/mol. The van der Waals surface area contributed by atoms with E-state index in [2.05, 4.69) is 15.9 Å². The van der Waals surface area contributed by atoms with Crippen molar-refractivity contribution in [3.63, 3.8) is 0 Å².